The van der Waals surface area contributed by atoms with Gasteiger partial charge in [-0.05, 0) is 32.6 Å². The van der Waals surface area contributed by atoms with Crippen LogP contribution in [0.15, 0.2) is 34.6 Å². The van der Waals surface area contributed by atoms with E-state index in [2.05, 4.69) is 20.4 Å². The number of H-pyrrole nitrogens is 1. The van der Waals surface area contributed by atoms with Gasteiger partial charge in [0.15, 0.2) is 10.8 Å². The fraction of sp³-hybridized carbons (Fsp3) is 0.444. The number of thioether (sulfide) groups is 1. The minimum atomic E-state index is -0.371. The quantitative estimate of drug-likeness (QED) is 0.714. The fourth-order valence-corrected chi connectivity index (χ4v) is 4.59. The summed E-state index contributed by atoms with van der Waals surface area (Å²) in [6, 6.07) is 1.85. The Kier molecular flexibility index (Phi) is 4.77. The van der Waals surface area contributed by atoms with Gasteiger partial charge in [-0.3, -0.25) is 14.7 Å². The van der Waals surface area contributed by atoms with E-state index >= 15 is 0 Å². The highest BCUT2D eigenvalue weighted by Crippen LogP contribution is 2.32. The smallest absolute Gasteiger partial charge is 0.285 e. The van der Waals surface area contributed by atoms with E-state index in [1.165, 1.54) is 10.7 Å². The molecule has 3 aromatic heterocycles. The summed E-state index contributed by atoms with van der Waals surface area (Å²) < 4.78 is 3.34. The number of hydrogen-bond acceptors (Lipinski definition) is 5. The zero-order valence-corrected chi connectivity index (χ0v) is 16.1. The number of carbonyl (C=O) groups is 1. The number of aromatic amines is 1. The average Bonchev–Trinajstić information content (AvgIpc) is 3.22. The molecule has 142 valence electrons. The van der Waals surface area contributed by atoms with Gasteiger partial charge in [-0.25, -0.2) is 14.5 Å². The van der Waals surface area contributed by atoms with Crippen LogP contribution >= 0.6 is 11.8 Å². The average molecular weight is 386 g/mol. The third-order valence-electron chi connectivity index (χ3n) is 4.93. The number of imidazole rings is 1. The first-order valence-corrected chi connectivity index (χ1v) is 9.91. The minimum absolute atomic E-state index is 0.0684. The van der Waals surface area contributed by atoms with Crippen molar-refractivity contribution in [2.45, 2.75) is 49.1 Å². The molecule has 1 fully saturated rings. The van der Waals surface area contributed by atoms with Crippen molar-refractivity contribution in [1.82, 2.24) is 29.5 Å². The predicted octanol–water partition coefficient (Wildman–Crippen LogP) is 1.90. The van der Waals surface area contributed by atoms with E-state index in [9.17, 15) is 9.59 Å². The first kappa shape index (κ1) is 17.8. The third-order valence-corrected chi connectivity index (χ3v) is 6.33. The number of aryl methyl sites for hydroxylation is 2. The summed E-state index contributed by atoms with van der Waals surface area (Å²) in [5.74, 6) is -0.352. The molecule has 0 spiro atoms. The highest BCUT2D eigenvalue weighted by atomic mass is 32.2. The fourth-order valence-electron chi connectivity index (χ4n) is 3.44. The van der Waals surface area contributed by atoms with Gasteiger partial charge in [0.2, 0.25) is 0 Å². The van der Waals surface area contributed by atoms with Crippen molar-refractivity contribution in [1.29, 1.82) is 0 Å². The number of nitrogens with zero attached hydrogens (tertiary/aromatic N) is 4. The molecule has 0 saturated heterocycles. The largest absolute Gasteiger partial charge is 0.349 e. The molecule has 0 aromatic carbocycles. The molecule has 0 radical (unpaired) electrons. The summed E-state index contributed by atoms with van der Waals surface area (Å²) in [4.78, 5) is 33.6. The Bertz CT molecular complexity index is 1030. The Morgan fingerprint density at radius 2 is 2.07 bits per heavy atom. The molecule has 0 aliphatic heterocycles. The van der Waals surface area contributed by atoms with Crippen LogP contribution in [0.3, 0.4) is 0 Å². The normalized spacial score (nSPS) is 20.1. The summed E-state index contributed by atoms with van der Waals surface area (Å²) in [7, 11) is 2.00. The molecule has 1 amide bonds. The van der Waals surface area contributed by atoms with Crippen LogP contribution in [0, 0.1) is 6.92 Å². The van der Waals surface area contributed by atoms with Gasteiger partial charge in [-0.15, -0.1) is 0 Å². The van der Waals surface area contributed by atoms with Crippen LogP contribution in [0.5, 0.6) is 0 Å². The van der Waals surface area contributed by atoms with Crippen molar-refractivity contribution in [2.24, 2.45) is 7.05 Å². The second kappa shape index (κ2) is 7.22. The molecule has 9 heteroatoms. The first-order valence-electron chi connectivity index (χ1n) is 9.03. The Morgan fingerprint density at radius 1 is 1.30 bits per heavy atom. The molecule has 2 N–H and O–H groups in total. The van der Waals surface area contributed by atoms with Gasteiger partial charge in [-0.1, -0.05) is 11.8 Å². The zero-order chi connectivity index (χ0) is 19.0. The lowest BCUT2D eigenvalue weighted by molar-refractivity contribution is 0.0926. The molecular formula is C18H22N6O2S. The summed E-state index contributed by atoms with van der Waals surface area (Å²) in [6.07, 6.45) is 8.93. The van der Waals surface area contributed by atoms with Gasteiger partial charge in [0, 0.05) is 48.7 Å². The zero-order valence-electron chi connectivity index (χ0n) is 15.3. The Morgan fingerprint density at radius 3 is 2.78 bits per heavy atom. The van der Waals surface area contributed by atoms with E-state index in [4.69, 9.17) is 0 Å². The van der Waals surface area contributed by atoms with Crippen LogP contribution in [-0.4, -0.2) is 41.3 Å². The molecule has 8 nitrogen and oxygen atoms in total. The Hall–Kier alpha value is -2.55. The minimum Gasteiger partial charge on any atom is -0.349 e. The van der Waals surface area contributed by atoms with E-state index in [1.54, 1.807) is 17.8 Å². The highest BCUT2D eigenvalue weighted by molar-refractivity contribution is 7.99. The lowest BCUT2D eigenvalue weighted by atomic mass is 9.95. The molecule has 3 aromatic rings. The summed E-state index contributed by atoms with van der Waals surface area (Å²) >= 11 is 1.79. The topological polar surface area (TPSA) is 97.1 Å². The summed E-state index contributed by atoms with van der Waals surface area (Å²) in [5, 5.41) is 7.44. The maximum Gasteiger partial charge on any atom is 0.285 e. The highest BCUT2D eigenvalue weighted by Gasteiger charge is 2.25. The molecule has 1 aliphatic rings. The lowest BCUT2D eigenvalue weighted by Crippen LogP contribution is -2.40. The summed E-state index contributed by atoms with van der Waals surface area (Å²) in [5.41, 5.74) is 1.03. The molecule has 0 atom stereocenters. The van der Waals surface area contributed by atoms with E-state index in [1.807, 2.05) is 30.9 Å². The predicted molar refractivity (Wildman–Crippen MR) is 103 cm³/mol. The maximum absolute atomic E-state index is 12.6. The van der Waals surface area contributed by atoms with Crippen molar-refractivity contribution in [3.63, 3.8) is 0 Å². The monoisotopic (exact) mass is 386 g/mol. The van der Waals surface area contributed by atoms with Crippen LogP contribution in [0.1, 0.15) is 41.7 Å². The van der Waals surface area contributed by atoms with Crippen LogP contribution in [0.2, 0.25) is 0 Å². The van der Waals surface area contributed by atoms with Crippen LogP contribution in [0.4, 0.5) is 0 Å². The Balaban J connectivity index is 1.38. The molecule has 1 saturated carbocycles. The maximum atomic E-state index is 12.6. The molecule has 4 rings (SSSR count). The van der Waals surface area contributed by atoms with Gasteiger partial charge in [-0.2, -0.15) is 0 Å². The standard InChI is InChI=1S/C18H22N6O2S/c1-11-9-15-20-10-14(17(26)24(15)22-11)16(25)21-12-3-5-13(6-4-12)27-18-19-7-8-23(18)2/h7-10,12-13,22H,3-6H2,1-2H3,(H,21,25). The molecule has 0 unspecified atom stereocenters. The van der Waals surface area contributed by atoms with Gasteiger partial charge in [0.05, 0.1) is 0 Å². The summed E-state index contributed by atoms with van der Waals surface area (Å²) in [6.45, 7) is 1.84. The number of fused-ring (bicyclic) bond motifs is 1. The van der Waals surface area contributed by atoms with Crippen molar-refractivity contribution in [3.05, 3.63) is 46.3 Å². The lowest BCUT2D eigenvalue weighted by Gasteiger charge is -2.28. The van der Waals surface area contributed by atoms with E-state index in [0.29, 0.717) is 10.9 Å². The molecule has 1 aliphatic carbocycles. The van der Waals surface area contributed by atoms with Gasteiger partial charge >= 0.3 is 0 Å². The number of rotatable bonds is 4. The molecular weight excluding hydrogens is 364 g/mol. The molecule has 27 heavy (non-hydrogen) atoms. The SMILES string of the molecule is Cc1cc2ncc(C(=O)NC3CCC(Sc4nccn4C)CC3)c(=O)n2[nH]1. The number of amides is 1. The first-order chi connectivity index (χ1) is 13.0. The molecule has 0 bridgehead atoms. The van der Waals surface area contributed by atoms with Gasteiger partial charge in [0.25, 0.3) is 11.5 Å². The van der Waals surface area contributed by atoms with Crippen molar-refractivity contribution in [2.75, 3.05) is 0 Å². The number of carbonyl (C=O) groups excluding carboxylic acids is 1. The van der Waals surface area contributed by atoms with E-state index in [0.717, 1.165) is 36.5 Å². The van der Waals surface area contributed by atoms with Gasteiger partial charge < -0.3 is 9.88 Å². The molecule has 3 heterocycles. The van der Waals surface area contributed by atoms with Crippen molar-refractivity contribution in [3.8, 4) is 0 Å². The second-order valence-corrected chi connectivity index (χ2v) is 8.26. The van der Waals surface area contributed by atoms with E-state index < -0.39 is 0 Å². The van der Waals surface area contributed by atoms with Crippen LogP contribution in [0.25, 0.3) is 5.65 Å². The van der Waals surface area contributed by atoms with Gasteiger partial charge in [0.1, 0.15) is 5.56 Å². The van der Waals surface area contributed by atoms with Crippen LogP contribution < -0.4 is 10.9 Å². The Labute approximate surface area is 160 Å². The number of hydrogen-bond donors (Lipinski definition) is 2. The number of aromatic nitrogens is 5. The number of nitrogens with one attached hydrogen (secondary N) is 2. The van der Waals surface area contributed by atoms with E-state index in [-0.39, 0.29) is 23.1 Å². The third kappa shape index (κ3) is 3.64. The van der Waals surface area contributed by atoms with Crippen molar-refractivity contribution < 1.29 is 4.79 Å². The van der Waals surface area contributed by atoms with Crippen molar-refractivity contribution >= 4 is 23.3 Å². The second-order valence-electron chi connectivity index (χ2n) is 7.00. The van der Waals surface area contributed by atoms with Crippen LogP contribution in [-0.2, 0) is 7.05 Å².